The second-order valence-corrected chi connectivity index (χ2v) is 6.63. The minimum atomic E-state index is 0.551. The van der Waals surface area contributed by atoms with Gasteiger partial charge in [-0.05, 0) is 49.3 Å². The number of fused-ring (bicyclic) bond motifs is 1. The molecule has 1 atom stereocenters. The van der Waals surface area contributed by atoms with E-state index in [4.69, 9.17) is 4.74 Å². The van der Waals surface area contributed by atoms with E-state index in [2.05, 4.69) is 43.0 Å². The fourth-order valence-corrected chi connectivity index (χ4v) is 3.09. The van der Waals surface area contributed by atoms with E-state index in [1.165, 1.54) is 31.2 Å². The van der Waals surface area contributed by atoms with Gasteiger partial charge in [-0.25, -0.2) is 0 Å². The van der Waals surface area contributed by atoms with Crippen molar-refractivity contribution >= 4 is 0 Å². The molecule has 3 nitrogen and oxygen atoms in total. The fourth-order valence-electron chi connectivity index (χ4n) is 3.09. The van der Waals surface area contributed by atoms with Crippen LogP contribution in [0.15, 0.2) is 12.4 Å². The van der Waals surface area contributed by atoms with Crippen LogP contribution in [0, 0.1) is 5.92 Å². The summed E-state index contributed by atoms with van der Waals surface area (Å²) >= 11 is 0. The van der Waals surface area contributed by atoms with Crippen molar-refractivity contribution in [2.45, 2.75) is 65.5 Å². The number of nitrogens with zero attached hydrogens (tertiary/aromatic N) is 1. The van der Waals surface area contributed by atoms with Crippen LogP contribution in [0.4, 0.5) is 0 Å². The van der Waals surface area contributed by atoms with Gasteiger partial charge in [0.25, 0.3) is 0 Å². The Labute approximate surface area is 130 Å². The first kappa shape index (κ1) is 16.6. The first-order chi connectivity index (χ1) is 10.2. The van der Waals surface area contributed by atoms with Gasteiger partial charge in [0.1, 0.15) is 0 Å². The Kier molecular flexibility index (Phi) is 6.78. The fraction of sp³-hybridized carbons (Fsp3) is 0.778. The predicted molar refractivity (Wildman–Crippen MR) is 88.7 cm³/mol. The van der Waals surface area contributed by atoms with Gasteiger partial charge in [0.05, 0.1) is 6.61 Å². The molecule has 0 saturated carbocycles. The predicted octanol–water partition coefficient (Wildman–Crippen LogP) is 3.93. The van der Waals surface area contributed by atoms with E-state index < -0.39 is 0 Å². The van der Waals surface area contributed by atoms with Gasteiger partial charge in [-0.3, -0.25) is 0 Å². The van der Waals surface area contributed by atoms with Crippen molar-refractivity contribution in [3.63, 3.8) is 0 Å². The van der Waals surface area contributed by atoms with Crippen LogP contribution in [0.1, 0.15) is 63.6 Å². The Bertz CT molecular complexity index is 411. The van der Waals surface area contributed by atoms with Gasteiger partial charge in [-0.2, -0.15) is 0 Å². The largest absolute Gasteiger partial charge is 0.380 e. The molecule has 2 rings (SSSR count). The van der Waals surface area contributed by atoms with Crippen LogP contribution in [0.25, 0.3) is 0 Å². The molecule has 3 heteroatoms. The van der Waals surface area contributed by atoms with Crippen LogP contribution >= 0.6 is 0 Å². The van der Waals surface area contributed by atoms with Crippen molar-refractivity contribution in [2.24, 2.45) is 5.92 Å². The second kappa shape index (κ2) is 8.60. The average molecular weight is 292 g/mol. The highest BCUT2D eigenvalue weighted by atomic mass is 16.5. The van der Waals surface area contributed by atoms with Crippen molar-refractivity contribution in [3.05, 3.63) is 23.5 Å². The molecule has 0 spiro atoms. The normalized spacial score (nSPS) is 18.8. The van der Waals surface area contributed by atoms with Gasteiger partial charge in [0, 0.05) is 31.6 Å². The van der Waals surface area contributed by atoms with E-state index in [9.17, 15) is 0 Å². The Morgan fingerprint density at radius 1 is 1.29 bits per heavy atom. The third-order valence-electron chi connectivity index (χ3n) is 4.35. The summed E-state index contributed by atoms with van der Waals surface area (Å²) in [6.07, 6.45) is 11.0. The number of hydrogen-bond acceptors (Lipinski definition) is 2. The summed E-state index contributed by atoms with van der Waals surface area (Å²) in [4.78, 5) is 0. The van der Waals surface area contributed by atoms with Crippen LogP contribution in [-0.2, 0) is 17.7 Å². The highest BCUT2D eigenvalue weighted by Crippen LogP contribution is 2.29. The molecule has 0 aromatic carbocycles. The monoisotopic (exact) mass is 292 g/mol. The van der Waals surface area contributed by atoms with Crippen LogP contribution in [0.3, 0.4) is 0 Å². The lowest BCUT2D eigenvalue weighted by atomic mass is 10.0. The van der Waals surface area contributed by atoms with Gasteiger partial charge in [-0.1, -0.05) is 27.2 Å². The minimum Gasteiger partial charge on any atom is -0.380 e. The molecule has 1 aromatic heterocycles. The van der Waals surface area contributed by atoms with Crippen LogP contribution in [0.5, 0.6) is 0 Å². The lowest BCUT2D eigenvalue weighted by molar-refractivity contribution is 0.116. The maximum absolute atomic E-state index is 5.74. The highest BCUT2D eigenvalue weighted by molar-refractivity contribution is 5.29. The Balaban J connectivity index is 1.86. The van der Waals surface area contributed by atoms with Gasteiger partial charge in [-0.15, -0.1) is 0 Å². The molecular formula is C18H32N2O. The maximum atomic E-state index is 5.74. The standard InChI is InChI=1S/C18H32N2O/c1-4-19-18-8-6-5-7-16-13-20(14-17(16)18)10-12-21-11-9-15(2)3/h13-15,18-19H,4-12H2,1-3H3. The molecule has 0 saturated heterocycles. The van der Waals surface area contributed by atoms with Crippen LogP contribution in [-0.4, -0.2) is 24.3 Å². The molecule has 0 fully saturated rings. The molecule has 0 bridgehead atoms. The van der Waals surface area contributed by atoms with Crippen LogP contribution in [0.2, 0.25) is 0 Å². The summed E-state index contributed by atoms with van der Waals surface area (Å²) in [5.41, 5.74) is 3.07. The zero-order valence-corrected chi connectivity index (χ0v) is 14.0. The number of hydrogen-bond donors (Lipinski definition) is 1. The molecule has 0 radical (unpaired) electrons. The zero-order valence-electron chi connectivity index (χ0n) is 14.0. The topological polar surface area (TPSA) is 26.2 Å². The van der Waals surface area contributed by atoms with Crippen molar-refractivity contribution in [1.82, 2.24) is 9.88 Å². The van der Waals surface area contributed by atoms with E-state index in [1.54, 1.807) is 5.56 Å². The molecule has 21 heavy (non-hydrogen) atoms. The zero-order chi connectivity index (χ0) is 15.1. The first-order valence-corrected chi connectivity index (χ1v) is 8.70. The first-order valence-electron chi connectivity index (χ1n) is 8.70. The molecule has 1 N–H and O–H groups in total. The molecule has 1 heterocycles. The SMILES string of the molecule is CCNC1CCCCc2cn(CCOCCC(C)C)cc21. The highest BCUT2D eigenvalue weighted by Gasteiger charge is 2.19. The third kappa shape index (κ3) is 5.15. The smallest absolute Gasteiger partial charge is 0.0645 e. The number of rotatable bonds is 8. The van der Waals surface area contributed by atoms with E-state index >= 15 is 0 Å². The van der Waals surface area contributed by atoms with Crippen molar-refractivity contribution in [3.8, 4) is 0 Å². The Hall–Kier alpha value is -0.800. The average Bonchev–Trinajstić information content (AvgIpc) is 2.76. The number of ether oxygens (including phenoxy) is 1. The van der Waals surface area contributed by atoms with Crippen LogP contribution < -0.4 is 5.32 Å². The molecule has 120 valence electrons. The Morgan fingerprint density at radius 2 is 2.14 bits per heavy atom. The van der Waals surface area contributed by atoms with E-state index in [0.29, 0.717) is 6.04 Å². The van der Waals surface area contributed by atoms with E-state index in [1.807, 2.05) is 0 Å². The summed E-state index contributed by atoms with van der Waals surface area (Å²) in [5.74, 6) is 0.730. The van der Waals surface area contributed by atoms with E-state index in [-0.39, 0.29) is 0 Å². The van der Waals surface area contributed by atoms with E-state index in [0.717, 1.165) is 38.6 Å². The van der Waals surface area contributed by atoms with Gasteiger partial charge < -0.3 is 14.6 Å². The summed E-state index contributed by atoms with van der Waals surface area (Å²) in [6.45, 7) is 10.4. The van der Waals surface area contributed by atoms with Crippen molar-refractivity contribution < 1.29 is 4.74 Å². The van der Waals surface area contributed by atoms with Crippen molar-refractivity contribution in [1.29, 1.82) is 0 Å². The number of aryl methyl sites for hydroxylation is 1. The quantitative estimate of drug-likeness (QED) is 0.580. The van der Waals surface area contributed by atoms with Gasteiger partial charge in [0.2, 0.25) is 0 Å². The molecule has 1 unspecified atom stereocenters. The van der Waals surface area contributed by atoms with Gasteiger partial charge >= 0.3 is 0 Å². The summed E-state index contributed by atoms with van der Waals surface area (Å²) < 4.78 is 8.07. The second-order valence-electron chi connectivity index (χ2n) is 6.63. The van der Waals surface area contributed by atoms with Gasteiger partial charge in [0.15, 0.2) is 0 Å². The maximum Gasteiger partial charge on any atom is 0.0645 e. The summed E-state index contributed by atoms with van der Waals surface area (Å²) in [6, 6.07) is 0.551. The lowest BCUT2D eigenvalue weighted by Crippen LogP contribution is -2.20. The lowest BCUT2D eigenvalue weighted by Gasteiger charge is -2.15. The third-order valence-corrected chi connectivity index (χ3v) is 4.35. The summed E-state index contributed by atoms with van der Waals surface area (Å²) in [5, 5.41) is 3.64. The number of nitrogens with one attached hydrogen (secondary N) is 1. The molecule has 0 aliphatic heterocycles. The molecule has 1 aliphatic carbocycles. The molecule has 1 aliphatic rings. The van der Waals surface area contributed by atoms with Crippen molar-refractivity contribution in [2.75, 3.05) is 19.8 Å². The molecule has 0 amide bonds. The summed E-state index contributed by atoms with van der Waals surface area (Å²) in [7, 11) is 0. The minimum absolute atomic E-state index is 0.551. The number of aromatic nitrogens is 1. The Morgan fingerprint density at radius 3 is 2.90 bits per heavy atom. The molecule has 1 aromatic rings. The molecular weight excluding hydrogens is 260 g/mol.